The smallest absolute Gasteiger partial charge is 0.255 e. The van der Waals surface area contributed by atoms with Crippen LogP contribution in [-0.4, -0.2) is 59.9 Å². The topological polar surface area (TPSA) is 101 Å². The number of aromatic nitrogens is 1. The number of carbonyl (C=O) groups is 3. The van der Waals surface area contributed by atoms with Crippen LogP contribution in [-0.2, 0) is 16.0 Å². The second kappa shape index (κ2) is 13.1. The van der Waals surface area contributed by atoms with E-state index in [4.69, 9.17) is 16.3 Å². The van der Waals surface area contributed by atoms with Crippen LogP contribution in [0.15, 0.2) is 42.7 Å². The number of carbonyl (C=O) groups excluding carboxylic acids is 3. The number of benzene rings is 1. The Morgan fingerprint density at radius 1 is 1.26 bits per heavy atom. The molecule has 188 valence electrons. The van der Waals surface area contributed by atoms with Crippen LogP contribution in [0.4, 0.5) is 0 Å². The Balaban J connectivity index is 1.78. The minimum absolute atomic E-state index is 0.0355. The Hall–Kier alpha value is -3.13. The highest BCUT2D eigenvalue weighted by Crippen LogP contribution is 2.23. The minimum Gasteiger partial charge on any atom is -0.491 e. The van der Waals surface area contributed by atoms with Crippen LogP contribution in [0.2, 0.25) is 5.02 Å². The zero-order valence-electron chi connectivity index (χ0n) is 20.3. The number of pyridine rings is 1. The fourth-order valence-electron chi connectivity index (χ4n) is 3.99. The van der Waals surface area contributed by atoms with E-state index in [2.05, 4.69) is 29.5 Å². The fraction of sp³-hybridized carbons (Fsp3) is 0.462. The average Bonchev–Trinajstić information content (AvgIpc) is 2.82. The molecule has 0 aliphatic carbocycles. The van der Waals surface area contributed by atoms with Gasteiger partial charge in [-0.3, -0.25) is 19.4 Å². The molecule has 1 aromatic carbocycles. The number of fused-ring (bicyclic) bond motifs is 1. The number of halogens is 1. The van der Waals surface area contributed by atoms with E-state index in [1.165, 1.54) is 0 Å². The lowest BCUT2D eigenvalue weighted by Crippen LogP contribution is -2.47. The maximum absolute atomic E-state index is 13.0. The van der Waals surface area contributed by atoms with Gasteiger partial charge in [0.2, 0.25) is 11.8 Å². The van der Waals surface area contributed by atoms with Gasteiger partial charge in [0, 0.05) is 30.5 Å². The van der Waals surface area contributed by atoms with Crippen molar-refractivity contribution in [1.29, 1.82) is 0 Å². The molecule has 3 rings (SSSR count). The first kappa shape index (κ1) is 26.5. The van der Waals surface area contributed by atoms with E-state index in [1.54, 1.807) is 41.6 Å². The van der Waals surface area contributed by atoms with Crippen molar-refractivity contribution in [3.05, 3.63) is 58.9 Å². The molecule has 3 amide bonds. The quantitative estimate of drug-likeness (QED) is 0.671. The van der Waals surface area contributed by atoms with Gasteiger partial charge in [-0.05, 0) is 55.0 Å². The zero-order chi connectivity index (χ0) is 25.2. The number of rotatable bonds is 4. The lowest BCUT2D eigenvalue weighted by atomic mass is 10.0. The van der Waals surface area contributed by atoms with Crippen LogP contribution in [0.25, 0.3) is 0 Å². The second-order valence-electron chi connectivity index (χ2n) is 9.16. The van der Waals surface area contributed by atoms with Crippen molar-refractivity contribution in [2.45, 2.75) is 45.6 Å². The molecule has 0 radical (unpaired) electrons. The summed E-state index contributed by atoms with van der Waals surface area (Å²) in [6, 6.07) is 8.26. The van der Waals surface area contributed by atoms with Gasteiger partial charge in [-0.1, -0.05) is 31.5 Å². The summed E-state index contributed by atoms with van der Waals surface area (Å²) in [5, 5.41) is 6.36. The highest BCUT2D eigenvalue weighted by molar-refractivity contribution is 6.31. The fourth-order valence-corrected chi connectivity index (χ4v) is 4.16. The Morgan fingerprint density at radius 3 is 2.83 bits per heavy atom. The van der Waals surface area contributed by atoms with Crippen LogP contribution in [0.3, 0.4) is 0 Å². The number of nitrogens with one attached hydrogen (secondary N) is 2. The lowest BCUT2D eigenvalue weighted by molar-refractivity contribution is -0.136. The highest BCUT2D eigenvalue weighted by atomic mass is 35.5. The van der Waals surface area contributed by atoms with E-state index in [1.807, 2.05) is 6.07 Å². The minimum atomic E-state index is -0.283. The Bertz CT molecular complexity index is 1020. The maximum Gasteiger partial charge on any atom is 0.255 e. The molecule has 9 heteroatoms. The number of hydrogen-bond donors (Lipinski definition) is 2. The van der Waals surface area contributed by atoms with E-state index >= 15 is 0 Å². The highest BCUT2D eigenvalue weighted by Gasteiger charge is 2.22. The standard InChI is InChI=1S/C26H33ClN4O4/c1-18(2)12-21-17-35-23-8-7-20(27)14-22(23)26(34)29-10-3-4-11-31(16-24(32)30-21)25(33)13-19-6-5-9-28-15-19/h5-9,14-15,18,21H,3-4,10-13,16-17H2,1-2H3,(H,29,34)(H,30,32)/t21-/m1/s1. The van der Waals surface area contributed by atoms with Crippen molar-refractivity contribution >= 4 is 29.3 Å². The van der Waals surface area contributed by atoms with Crippen molar-refractivity contribution in [1.82, 2.24) is 20.5 Å². The van der Waals surface area contributed by atoms with Crippen molar-refractivity contribution in [2.24, 2.45) is 5.92 Å². The summed E-state index contributed by atoms with van der Waals surface area (Å²) in [5.41, 5.74) is 1.15. The molecule has 0 saturated heterocycles. The van der Waals surface area contributed by atoms with Gasteiger partial charge in [-0.2, -0.15) is 0 Å². The normalized spacial score (nSPS) is 17.9. The van der Waals surface area contributed by atoms with E-state index in [0.717, 1.165) is 5.56 Å². The molecule has 2 heterocycles. The van der Waals surface area contributed by atoms with Gasteiger partial charge in [-0.15, -0.1) is 0 Å². The van der Waals surface area contributed by atoms with Gasteiger partial charge in [0.05, 0.1) is 24.6 Å². The number of hydrogen-bond acceptors (Lipinski definition) is 5. The van der Waals surface area contributed by atoms with Crippen LogP contribution < -0.4 is 15.4 Å². The molecule has 1 aliphatic rings. The lowest BCUT2D eigenvalue weighted by Gasteiger charge is -2.25. The van der Waals surface area contributed by atoms with E-state index < -0.39 is 0 Å². The number of amides is 3. The predicted octanol–water partition coefficient (Wildman–Crippen LogP) is 3.24. The van der Waals surface area contributed by atoms with Crippen molar-refractivity contribution in [3.8, 4) is 5.75 Å². The largest absolute Gasteiger partial charge is 0.491 e. The molecule has 1 aliphatic heterocycles. The maximum atomic E-state index is 13.0. The third-order valence-corrected chi connectivity index (χ3v) is 5.89. The van der Waals surface area contributed by atoms with Crippen LogP contribution in [0, 0.1) is 5.92 Å². The summed E-state index contributed by atoms with van der Waals surface area (Å²) < 4.78 is 5.98. The van der Waals surface area contributed by atoms with Crippen LogP contribution >= 0.6 is 11.6 Å². The third-order valence-electron chi connectivity index (χ3n) is 5.65. The van der Waals surface area contributed by atoms with E-state index in [0.29, 0.717) is 54.6 Å². The average molecular weight is 501 g/mol. The number of nitrogens with zero attached hydrogens (tertiary/aromatic N) is 2. The van der Waals surface area contributed by atoms with Gasteiger partial charge in [0.1, 0.15) is 12.4 Å². The molecule has 1 aromatic heterocycles. The van der Waals surface area contributed by atoms with Gasteiger partial charge < -0.3 is 20.3 Å². The Kier molecular flexibility index (Phi) is 9.90. The van der Waals surface area contributed by atoms with E-state index in [-0.39, 0.29) is 43.3 Å². The Morgan fingerprint density at radius 2 is 2.09 bits per heavy atom. The summed E-state index contributed by atoms with van der Waals surface area (Å²) in [7, 11) is 0. The van der Waals surface area contributed by atoms with Crippen molar-refractivity contribution < 1.29 is 19.1 Å². The molecule has 2 aromatic rings. The SMILES string of the molecule is CC(C)C[C@@H]1COc2ccc(Cl)cc2C(=O)NCCCCN(C(=O)Cc2cccnc2)CC(=O)N1. The van der Waals surface area contributed by atoms with Crippen LogP contribution in [0.5, 0.6) is 5.75 Å². The summed E-state index contributed by atoms with van der Waals surface area (Å²) in [6.07, 6.45) is 5.46. The van der Waals surface area contributed by atoms with E-state index in [9.17, 15) is 14.4 Å². The molecule has 0 unspecified atom stereocenters. The third kappa shape index (κ3) is 8.55. The second-order valence-corrected chi connectivity index (χ2v) is 9.60. The molecule has 2 N–H and O–H groups in total. The van der Waals surface area contributed by atoms with Crippen molar-refractivity contribution in [2.75, 3.05) is 26.2 Å². The molecule has 35 heavy (non-hydrogen) atoms. The summed E-state index contributed by atoms with van der Waals surface area (Å²) in [6.45, 7) is 5.12. The molecular formula is C26H33ClN4O4. The molecule has 1 atom stereocenters. The Labute approximate surface area is 211 Å². The van der Waals surface area contributed by atoms with Gasteiger partial charge in [0.15, 0.2) is 0 Å². The first-order valence-electron chi connectivity index (χ1n) is 12.0. The molecule has 0 saturated carbocycles. The first-order chi connectivity index (χ1) is 16.8. The molecule has 0 spiro atoms. The van der Waals surface area contributed by atoms with Gasteiger partial charge in [-0.25, -0.2) is 0 Å². The predicted molar refractivity (Wildman–Crippen MR) is 134 cm³/mol. The molecular weight excluding hydrogens is 468 g/mol. The van der Waals surface area contributed by atoms with Crippen LogP contribution in [0.1, 0.15) is 49.0 Å². The molecule has 8 nitrogen and oxygen atoms in total. The van der Waals surface area contributed by atoms with Crippen molar-refractivity contribution in [3.63, 3.8) is 0 Å². The monoisotopic (exact) mass is 500 g/mol. The van der Waals surface area contributed by atoms with Gasteiger partial charge >= 0.3 is 0 Å². The summed E-state index contributed by atoms with van der Waals surface area (Å²) in [5.74, 6) is 0.0751. The first-order valence-corrected chi connectivity index (χ1v) is 12.4. The van der Waals surface area contributed by atoms with Gasteiger partial charge in [0.25, 0.3) is 5.91 Å². The molecule has 0 fully saturated rings. The zero-order valence-corrected chi connectivity index (χ0v) is 21.0. The number of ether oxygens (including phenoxy) is 1. The summed E-state index contributed by atoms with van der Waals surface area (Å²) >= 11 is 6.12. The summed E-state index contributed by atoms with van der Waals surface area (Å²) in [4.78, 5) is 44.4. The molecule has 0 bridgehead atoms.